The first-order valence-corrected chi connectivity index (χ1v) is 6.83. The fourth-order valence-corrected chi connectivity index (χ4v) is 2.45. The predicted octanol–water partition coefficient (Wildman–Crippen LogP) is 1.74. The van der Waals surface area contributed by atoms with E-state index in [0.717, 1.165) is 22.9 Å². The summed E-state index contributed by atoms with van der Waals surface area (Å²) in [5.41, 5.74) is 6.24. The maximum Gasteiger partial charge on any atom is 0.239 e. The molecule has 0 aliphatic heterocycles. The van der Waals surface area contributed by atoms with Gasteiger partial charge in [0.1, 0.15) is 6.04 Å². The monoisotopic (exact) mass is 328 g/mol. The Hall–Kier alpha value is -1.27. The lowest BCUT2D eigenvalue weighted by Gasteiger charge is -2.19. The molecule has 0 spiro atoms. The van der Waals surface area contributed by atoms with Gasteiger partial charge in [-0.1, -0.05) is 15.9 Å². The van der Waals surface area contributed by atoms with E-state index in [1.54, 1.807) is 26.4 Å². The maximum atomic E-state index is 11.6. The molecule has 1 aliphatic rings. The van der Waals surface area contributed by atoms with Gasteiger partial charge in [0.2, 0.25) is 5.91 Å². The molecule has 6 heteroatoms. The first-order chi connectivity index (χ1) is 9.06. The second-order valence-corrected chi connectivity index (χ2v) is 5.36. The molecule has 1 aliphatic carbocycles. The quantitative estimate of drug-likeness (QED) is 0.834. The number of ether oxygens (including phenoxy) is 2. The molecule has 2 rings (SSSR count). The minimum absolute atomic E-state index is 0.373. The van der Waals surface area contributed by atoms with Crippen LogP contribution in [0.2, 0.25) is 0 Å². The molecule has 0 radical (unpaired) electrons. The summed E-state index contributed by atoms with van der Waals surface area (Å²) < 4.78 is 11.2. The molecule has 1 saturated carbocycles. The molecule has 1 atom stereocenters. The van der Waals surface area contributed by atoms with Gasteiger partial charge in [0.25, 0.3) is 0 Å². The molecule has 1 amide bonds. The molecule has 1 aromatic rings. The predicted molar refractivity (Wildman–Crippen MR) is 75.3 cm³/mol. The standard InChI is InChI=1S/C13H17BrN2O3/c1-18-10-5-8(9(14)6-11(10)19-2)12(13(15)17)16-7-3-4-7/h5-7,12,16H,3-4H2,1-2H3,(H2,15,17). The van der Waals surface area contributed by atoms with Crippen molar-refractivity contribution in [1.29, 1.82) is 0 Å². The van der Waals surface area contributed by atoms with Crippen LogP contribution in [0.1, 0.15) is 24.4 Å². The Morgan fingerprint density at radius 2 is 1.95 bits per heavy atom. The number of hydrogen-bond donors (Lipinski definition) is 2. The maximum absolute atomic E-state index is 11.6. The van der Waals surface area contributed by atoms with Crippen molar-refractivity contribution in [3.63, 3.8) is 0 Å². The molecule has 0 bridgehead atoms. The van der Waals surface area contributed by atoms with Gasteiger partial charge in [0.15, 0.2) is 11.5 Å². The normalized spacial score (nSPS) is 15.9. The summed E-state index contributed by atoms with van der Waals surface area (Å²) >= 11 is 3.45. The number of nitrogens with two attached hydrogens (primary N) is 1. The molecule has 3 N–H and O–H groups in total. The van der Waals surface area contributed by atoms with E-state index in [-0.39, 0.29) is 0 Å². The van der Waals surface area contributed by atoms with Crippen molar-refractivity contribution in [3.05, 3.63) is 22.2 Å². The van der Waals surface area contributed by atoms with Gasteiger partial charge in [-0.2, -0.15) is 0 Å². The van der Waals surface area contributed by atoms with Crippen molar-refractivity contribution in [3.8, 4) is 11.5 Å². The van der Waals surface area contributed by atoms with E-state index >= 15 is 0 Å². The number of halogens is 1. The molecule has 0 saturated heterocycles. The number of carbonyl (C=O) groups excluding carboxylic acids is 1. The highest BCUT2D eigenvalue weighted by atomic mass is 79.9. The van der Waals surface area contributed by atoms with E-state index < -0.39 is 11.9 Å². The van der Waals surface area contributed by atoms with Crippen LogP contribution in [0.25, 0.3) is 0 Å². The van der Waals surface area contributed by atoms with Crippen LogP contribution in [0, 0.1) is 0 Å². The van der Waals surface area contributed by atoms with E-state index in [4.69, 9.17) is 15.2 Å². The van der Waals surface area contributed by atoms with Gasteiger partial charge in [-0.05, 0) is 30.5 Å². The zero-order valence-electron chi connectivity index (χ0n) is 10.9. The van der Waals surface area contributed by atoms with Crippen LogP contribution in [0.3, 0.4) is 0 Å². The van der Waals surface area contributed by atoms with Crippen molar-refractivity contribution in [2.45, 2.75) is 24.9 Å². The largest absolute Gasteiger partial charge is 0.493 e. The van der Waals surface area contributed by atoms with Crippen LogP contribution in [-0.4, -0.2) is 26.2 Å². The highest BCUT2D eigenvalue weighted by Gasteiger charge is 2.30. The lowest BCUT2D eigenvalue weighted by molar-refractivity contribution is -0.120. The summed E-state index contributed by atoms with van der Waals surface area (Å²) in [6, 6.07) is 3.39. The number of nitrogens with one attached hydrogen (secondary N) is 1. The molecule has 19 heavy (non-hydrogen) atoms. The van der Waals surface area contributed by atoms with Crippen molar-refractivity contribution < 1.29 is 14.3 Å². The third-order valence-corrected chi connectivity index (χ3v) is 3.76. The number of methoxy groups -OCH3 is 2. The molecule has 0 heterocycles. The lowest BCUT2D eigenvalue weighted by Crippen LogP contribution is -2.35. The van der Waals surface area contributed by atoms with Crippen LogP contribution >= 0.6 is 15.9 Å². The van der Waals surface area contributed by atoms with Crippen LogP contribution in [0.4, 0.5) is 0 Å². The van der Waals surface area contributed by atoms with E-state index in [1.807, 2.05) is 0 Å². The topological polar surface area (TPSA) is 73.6 Å². The Balaban J connectivity index is 2.37. The minimum atomic E-state index is -0.526. The van der Waals surface area contributed by atoms with E-state index in [2.05, 4.69) is 21.2 Å². The van der Waals surface area contributed by atoms with Gasteiger partial charge in [0.05, 0.1) is 14.2 Å². The van der Waals surface area contributed by atoms with Gasteiger partial charge in [-0.3, -0.25) is 10.1 Å². The third-order valence-electron chi connectivity index (χ3n) is 3.08. The minimum Gasteiger partial charge on any atom is -0.493 e. The number of carbonyl (C=O) groups is 1. The Morgan fingerprint density at radius 3 is 2.42 bits per heavy atom. The van der Waals surface area contributed by atoms with Gasteiger partial charge >= 0.3 is 0 Å². The van der Waals surface area contributed by atoms with Crippen LogP contribution in [0.5, 0.6) is 11.5 Å². The van der Waals surface area contributed by atoms with Crippen molar-refractivity contribution >= 4 is 21.8 Å². The zero-order chi connectivity index (χ0) is 14.0. The number of hydrogen-bond acceptors (Lipinski definition) is 4. The first-order valence-electron chi connectivity index (χ1n) is 6.03. The Labute approximate surface area is 120 Å². The molecular formula is C13H17BrN2O3. The fraction of sp³-hybridized carbons (Fsp3) is 0.462. The fourth-order valence-electron chi connectivity index (χ4n) is 1.90. The third kappa shape index (κ3) is 3.19. The average Bonchev–Trinajstić information content (AvgIpc) is 3.19. The second-order valence-electron chi connectivity index (χ2n) is 4.51. The average molecular weight is 329 g/mol. The number of benzene rings is 1. The Morgan fingerprint density at radius 1 is 1.37 bits per heavy atom. The Bertz CT molecular complexity index is 489. The van der Waals surface area contributed by atoms with Gasteiger partial charge in [-0.25, -0.2) is 0 Å². The first kappa shape index (κ1) is 14.1. The van der Waals surface area contributed by atoms with Crippen LogP contribution in [0.15, 0.2) is 16.6 Å². The number of amides is 1. The van der Waals surface area contributed by atoms with Gasteiger partial charge in [-0.15, -0.1) is 0 Å². The summed E-state index contributed by atoms with van der Waals surface area (Å²) in [5.74, 6) is 0.775. The summed E-state index contributed by atoms with van der Waals surface area (Å²) in [5, 5.41) is 3.24. The van der Waals surface area contributed by atoms with Crippen molar-refractivity contribution in [2.24, 2.45) is 5.73 Å². The molecule has 104 valence electrons. The molecular weight excluding hydrogens is 312 g/mol. The van der Waals surface area contributed by atoms with E-state index in [1.165, 1.54) is 0 Å². The van der Waals surface area contributed by atoms with Gasteiger partial charge in [0, 0.05) is 10.5 Å². The summed E-state index contributed by atoms with van der Waals surface area (Å²) in [4.78, 5) is 11.6. The van der Waals surface area contributed by atoms with Crippen molar-refractivity contribution in [2.75, 3.05) is 14.2 Å². The highest BCUT2D eigenvalue weighted by Crippen LogP contribution is 2.37. The Kier molecular flexibility index (Phi) is 4.31. The molecule has 0 aromatic heterocycles. The molecule has 1 aromatic carbocycles. The van der Waals surface area contributed by atoms with E-state index in [9.17, 15) is 4.79 Å². The zero-order valence-corrected chi connectivity index (χ0v) is 12.5. The molecule has 1 fully saturated rings. The second kappa shape index (κ2) is 5.79. The molecule has 5 nitrogen and oxygen atoms in total. The molecule has 1 unspecified atom stereocenters. The lowest BCUT2D eigenvalue weighted by atomic mass is 10.1. The summed E-state index contributed by atoms with van der Waals surface area (Å²) in [7, 11) is 3.13. The van der Waals surface area contributed by atoms with Crippen LogP contribution < -0.4 is 20.5 Å². The van der Waals surface area contributed by atoms with Gasteiger partial charge < -0.3 is 15.2 Å². The smallest absolute Gasteiger partial charge is 0.239 e. The van der Waals surface area contributed by atoms with E-state index in [0.29, 0.717) is 17.5 Å². The summed E-state index contributed by atoms with van der Waals surface area (Å²) in [6.07, 6.45) is 2.16. The number of primary amides is 1. The van der Waals surface area contributed by atoms with Crippen LogP contribution in [-0.2, 0) is 4.79 Å². The van der Waals surface area contributed by atoms with Crippen molar-refractivity contribution in [1.82, 2.24) is 5.32 Å². The highest BCUT2D eigenvalue weighted by molar-refractivity contribution is 9.10. The SMILES string of the molecule is COc1cc(Br)c(C(NC2CC2)C(N)=O)cc1OC. The number of rotatable bonds is 6. The summed E-state index contributed by atoms with van der Waals surface area (Å²) in [6.45, 7) is 0.